The molecular weight excluding hydrogens is 338 g/mol. The lowest BCUT2D eigenvalue weighted by molar-refractivity contribution is -0.116. The molecule has 0 unspecified atom stereocenters. The summed E-state index contributed by atoms with van der Waals surface area (Å²) in [5, 5.41) is 10.0. The monoisotopic (exact) mass is 361 g/mol. The van der Waals surface area contributed by atoms with Gasteiger partial charge in [-0.3, -0.25) is 9.59 Å². The number of hydrogen-bond donors (Lipinski definition) is 1. The molecule has 1 saturated heterocycles. The second kappa shape index (κ2) is 7.12. The van der Waals surface area contributed by atoms with Crippen molar-refractivity contribution in [3.8, 4) is 0 Å². The van der Waals surface area contributed by atoms with Crippen molar-refractivity contribution in [3.05, 3.63) is 40.7 Å². The highest BCUT2D eigenvalue weighted by Gasteiger charge is 2.28. The second-order valence-electron chi connectivity index (χ2n) is 6.71. The number of nitrogens with zero attached hydrogens (tertiary/aromatic N) is 1. The van der Waals surface area contributed by atoms with Crippen LogP contribution in [-0.4, -0.2) is 32.4 Å². The van der Waals surface area contributed by atoms with Crippen LogP contribution in [0.2, 0.25) is 0 Å². The molecule has 1 aliphatic heterocycles. The van der Waals surface area contributed by atoms with Crippen molar-refractivity contribution in [2.24, 2.45) is 4.36 Å². The summed E-state index contributed by atoms with van der Waals surface area (Å²) in [6.45, 7) is 1.75. The van der Waals surface area contributed by atoms with Gasteiger partial charge in [-0.25, -0.2) is 4.21 Å². The third-order valence-corrected chi connectivity index (χ3v) is 7.24. The average Bonchev–Trinajstić information content (AvgIpc) is 2.57. The first-order valence-electron chi connectivity index (χ1n) is 8.73. The molecule has 1 aromatic rings. The molecule has 0 atom stereocenters. The summed E-state index contributed by atoms with van der Waals surface area (Å²) in [5.41, 5.74) is 1.39. The topological polar surface area (TPSA) is 83.8 Å². The summed E-state index contributed by atoms with van der Waals surface area (Å²) in [7, 11) is -2.27. The van der Waals surface area contributed by atoms with E-state index in [4.69, 9.17) is 0 Å². The Hall–Kier alpha value is -1.95. The summed E-state index contributed by atoms with van der Waals surface area (Å²) in [4.78, 5) is 24.9. The molecule has 1 aliphatic carbocycles. The Morgan fingerprint density at radius 3 is 2.52 bits per heavy atom. The Labute approximate surface area is 148 Å². The quantitative estimate of drug-likeness (QED) is 0.651. The van der Waals surface area contributed by atoms with E-state index in [0.29, 0.717) is 41.2 Å². The summed E-state index contributed by atoms with van der Waals surface area (Å²) in [6.07, 6.45) is 4.10. The van der Waals surface area contributed by atoms with Crippen molar-refractivity contribution in [2.45, 2.75) is 45.4 Å². The zero-order valence-electron chi connectivity index (χ0n) is 14.4. The largest absolute Gasteiger partial charge is 0.511 e. The predicted octanol–water partition coefficient (Wildman–Crippen LogP) is 4.03. The van der Waals surface area contributed by atoms with Crippen LogP contribution >= 0.6 is 0 Å². The fourth-order valence-corrected chi connectivity index (χ4v) is 5.65. The Kier molecular flexibility index (Phi) is 5.08. The number of aliphatic hydroxyl groups excluding tert-OH is 1. The number of rotatable bonds is 3. The zero-order chi connectivity index (χ0) is 18.0. The number of benzene rings is 1. The molecular formula is C19H23NO4S. The standard InChI is InChI=1S/C19H23NO4S/c1-13-14(19(23)18-16(21)9-6-10-17(18)22)7-5-8-15(13)20-25(24)11-3-2-4-12-25/h5,7-8,21H,2-4,6,9-12H2,1H3. The molecule has 1 fully saturated rings. The van der Waals surface area contributed by atoms with E-state index in [9.17, 15) is 18.9 Å². The lowest BCUT2D eigenvalue weighted by atomic mass is 9.89. The summed E-state index contributed by atoms with van der Waals surface area (Å²) < 4.78 is 17.3. The van der Waals surface area contributed by atoms with Gasteiger partial charge in [-0.15, -0.1) is 0 Å². The molecule has 1 N–H and O–H groups in total. The van der Waals surface area contributed by atoms with Crippen LogP contribution in [0.1, 0.15) is 54.4 Å². The Balaban J connectivity index is 2.02. The SMILES string of the molecule is Cc1c(N=S2(=O)CCCCC2)cccc1C(=O)C1=C(O)CCCC1=O. The molecule has 0 radical (unpaired) electrons. The summed E-state index contributed by atoms with van der Waals surface area (Å²) >= 11 is 0. The maximum atomic E-state index is 12.9. The molecule has 0 spiro atoms. The second-order valence-corrected chi connectivity index (χ2v) is 9.25. The highest BCUT2D eigenvalue weighted by molar-refractivity contribution is 7.93. The first kappa shape index (κ1) is 17.9. The van der Waals surface area contributed by atoms with Crippen LogP contribution < -0.4 is 0 Å². The zero-order valence-corrected chi connectivity index (χ0v) is 15.2. The van der Waals surface area contributed by atoms with Gasteiger partial charge in [-0.2, -0.15) is 4.36 Å². The van der Waals surface area contributed by atoms with Crippen LogP contribution in [0.5, 0.6) is 0 Å². The van der Waals surface area contributed by atoms with E-state index in [2.05, 4.69) is 4.36 Å². The maximum Gasteiger partial charge on any atom is 0.200 e. The van der Waals surface area contributed by atoms with Crippen molar-refractivity contribution in [1.29, 1.82) is 0 Å². The molecule has 2 aliphatic rings. The normalized spacial score (nSPS) is 20.4. The molecule has 134 valence electrons. The van der Waals surface area contributed by atoms with E-state index in [1.54, 1.807) is 25.1 Å². The molecule has 5 nitrogen and oxygen atoms in total. The van der Waals surface area contributed by atoms with Crippen molar-refractivity contribution >= 4 is 27.0 Å². The molecule has 0 bridgehead atoms. The average molecular weight is 361 g/mol. The predicted molar refractivity (Wildman–Crippen MR) is 97.8 cm³/mol. The van der Waals surface area contributed by atoms with Gasteiger partial charge in [-0.1, -0.05) is 18.6 Å². The molecule has 6 heteroatoms. The Bertz CT molecular complexity index is 863. The van der Waals surface area contributed by atoms with Crippen LogP contribution in [0.3, 0.4) is 0 Å². The van der Waals surface area contributed by atoms with E-state index < -0.39 is 15.5 Å². The van der Waals surface area contributed by atoms with Gasteiger partial charge >= 0.3 is 0 Å². The molecule has 1 aromatic carbocycles. The first-order valence-corrected chi connectivity index (χ1v) is 10.6. The maximum absolute atomic E-state index is 12.9. The van der Waals surface area contributed by atoms with Gasteiger partial charge in [0.1, 0.15) is 11.3 Å². The third-order valence-electron chi connectivity index (χ3n) is 4.85. The number of Topliss-reactive ketones (excluding diaryl/α,β-unsaturated/α-hetero) is 2. The van der Waals surface area contributed by atoms with E-state index in [1.165, 1.54) is 0 Å². The first-order chi connectivity index (χ1) is 11.9. The van der Waals surface area contributed by atoms with Crippen LogP contribution in [-0.2, 0) is 14.5 Å². The number of ketones is 2. The minimum Gasteiger partial charge on any atom is -0.511 e. The van der Waals surface area contributed by atoms with Crippen LogP contribution in [0.25, 0.3) is 0 Å². The van der Waals surface area contributed by atoms with Crippen LogP contribution in [0.4, 0.5) is 5.69 Å². The highest BCUT2D eigenvalue weighted by Crippen LogP contribution is 2.30. The Morgan fingerprint density at radius 2 is 1.84 bits per heavy atom. The van der Waals surface area contributed by atoms with Crippen LogP contribution in [0.15, 0.2) is 33.9 Å². The van der Waals surface area contributed by atoms with E-state index in [0.717, 1.165) is 19.3 Å². The van der Waals surface area contributed by atoms with E-state index in [1.807, 2.05) is 0 Å². The number of hydrogen-bond acceptors (Lipinski definition) is 5. The molecule has 0 aromatic heterocycles. The Morgan fingerprint density at radius 1 is 1.12 bits per heavy atom. The lowest BCUT2D eigenvalue weighted by Gasteiger charge is -2.17. The summed E-state index contributed by atoms with van der Waals surface area (Å²) in [5.74, 6) is 0.287. The summed E-state index contributed by atoms with van der Waals surface area (Å²) in [6, 6.07) is 5.08. The fourth-order valence-electron chi connectivity index (χ4n) is 3.39. The molecule has 25 heavy (non-hydrogen) atoms. The van der Waals surface area contributed by atoms with Gasteiger partial charge in [0, 0.05) is 29.9 Å². The van der Waals surface area contributed by atoms with Crippen molar-refractivity contribution in [2.75, 3.05) is 11.5 Å². The van der Waals surface area contributed by atoms with Gasteiger partial charge in [0.05, 0.1) is 15.4 Å². The number of allylic oxidation sites excluding steroid dienone is 2. The molecule has 0 saturated carbocycles. The number of carbonyl (C=O) groups excluding carboxylic acids is 2. The van der Waals surface area contributed by atoms with E-state index >= 15 is 0 Å². The third kappa shape index (κ3) is 3.68. The molecule has 1 heterocycles. The number of aliphatic hydroxyl groups is 1. The minimum atomic E-state index is -2.27. The highest BCUT2D eigenvalue weighted by atomic mass is 32.2. The smallest absolute Gasteiger partial charge is 0.200 e. The van der Waals surface area contributed by atoms with Gasteiger partial charge < -0.3 is 5.11 Å². The van der Waals surface area contributed by atoms with Gasteiger partial charge in [0.15, 0.2) is 11.6 Å². The van der Waals surface area contributed by atoms with Crippen molar-refractivity contribution in [3.63, 3.8) is 0 Å². The lowest BCUT2D eigenvalue weighted by Crippen LogP contribution is -2.20. The van der Waals surface area contributed by atoms with Crippen molar-refractivity contribution < 1.29 is 18.9 Å². The van der Waals surface area contributed by atoms with Crippen molar-refractivity contribution in [1.82, 2.24) is 0 Å². The van der Waals surface area contributed by atoms with Gasteiger partial charge in [0.25, 0.3) is 0 Å². The van der Waals surface area contributed by atoms with Gasteiger partial charge in [0.2, 0.25) is 0 Å². The fraction of sp³-hybridized carbons (Fsp3) is 0.474. The number of carbonyl (C=O) groups is 2. The minimum absolute atomic E-state index is 0.103. The molecule has 3 rings (SSSR count). The van der Waals surface area contributed by atoms with Gasteiger partial charge in [-0.05, 0) is 37.8 Å². The van der Waals surface area contributed by atoms with E-state index in [-0.39, 0.29) is 23.5 Å². The molecule has 0 amide bonds. The van der Waals surface area contributed by atoms with Crippen LogP contribution in [0, 0.1) is 6.92 Å².